The maximum atomic E-state index is 14.2. The molecule has 8 aromatic rings. The molecule has 0 radical (unpaired) electrons. The molecule has 0 N–H and O–H groups in total. The van der Waals surface area contributed by atoms with Crippen molar-refractivity contribution in [2.45, 2.75) is 0 Å². The zero-order chi connectivity index (χ0) is 27.2. The van der Waals surface area contributed by atoms with E-state index in [-0.39, 0.29) is 11.6 Å². The first-order valence-electron chi connectivity index (χ1n) is 13.5. The molecule has 0 saturated heterocycles. The van der Waals surface area contributed by atoms with E-state index < -0.39 is 0 Å². The van der Waals surface area contributed by atoms with Gasteiger partial charge < -0.3 is 13.9 Å². The van der Waals surface area contributed by atoms with Crippen molar-refractivity contribution in [2.24, 2.45) is 0 Å². The normalized spacial score (nSPS) is 12.3. The first-order chi connectivity index (χ1) is 20.1. The van der Waals surface area contributed by atoms with E-state index in [0.29, 0.717) is 10.8 Å². The summed E-state index contributed by atoms with van der Waals surface area (Å²) in [5.41, 5.74) is 7.90. The van der Waals surface area contributed by atoms with Gasteiger partial charge in [0.15, 0.2) is 11.5 Å². The number of ether oxygens (including phenoxy) is 1. The highest BCUT2D eigenvalue weighted by atomic mass is 19.1. The van der Waals surface area contributed by atoms with Gasteiger partial charge in [-0.05, 0) is 90.0 Å². The largest absolute Gasteiger partial charge is 0.453 e. The van der Waals surface area contributed by atoms with E-state index in [1.807, 2.05) is 22.8 Å². The summed E-state index contributed by atoms with van der Waals surface area (Å²) in [6.45, 7) is 0. The zero-order valence-electron chi connectivity index (χ0n) is 21.6. The van der Waals surface area contributed by atoms with E-state index in [1.54, 1.807) is 12.1 Å². The van der Waals surface area contributed by atoms with Gasteiger partial charge >= 0.3 is 0 Å². The molecule has 0 spiro atoms. The van der Waals surface area contributed by atoms with Crippen LogP contribution >= 0.6 is 0 Å². The first-order valence-corrected chi connectivity index (χ1v) is 13.5. The average molecular weight is 535 g/mol. The van der Waals surface area contributed by atoms with Gasteiger partial charge in [0.25, 0.3) is 0 Å². The highest BCUT2D eigenvalue weighted by molar-refractivity contribution is 6.13. The Labute approximate surface area is 233 Å². The van der Waals surface area contributed by atoms with Crippen molar-refractivity contribution in [2.75, 3.05) is 0 Å². The maximum Gasteiger partial charge on any atom is 0.152 e. The van der Waals surface area contributed by atoms with Gasteiger partial charge in [-0.3, -0.25) is 0 Å². The van der Waals surface area contributed by atoms with Gasteiger partial charge in [0.2, 0.25) is 0 Å². The number of hydrogen-bond donors (Lipinski definition) is 0. The van der Waals surface area contributed by atoms with E-state index in [2.05, 4.69) is 71.3 Å². The highest BCUT2D eigenvalue weighted by Gasteiger charge is 2.24. The predicted molar refractivity (Wildman–Crippen MR) is 161 cm³/mol. The van der Waals surface area contributed by atoms with E-state index >= 15 is 0 Å². The minimum atomic E-state index is -0.346. The van der Waals surface area contributed by atoms with E-state index in [9.17, 15) is 8.78 Å². The van der Waals surface area contributed by atoms with Gasteiger partial charge in [0, 0.05) is 27.2 Å². The smallest absolute Gasteiger partial charge is 0.152 e. The van der Waals surface area contributed by atoms with Crippen molar-refractivity contribution < 1.29 is 13.5 Å². The van der Waals surface area contributed by atoms with Crippen molar-refractivity contribution in [3.63, 3.8) is 0 Å². The molecule has 194 valence electrons. The summed E-state index contributed by atoms with van der Waals surface area (Å²) in [6.07, 6.45) is 0. The van der Waals surface area contributed by atoms with Crippen LogP contribution in [0, 0.1) is 11.6 Å². The van der Waals surface area contributed by atoms with Crippen LogP contribution in [0.5, 0.6) is 11.5 Å². The second-order valence-corrected chi connectivity index (χ2v) is 10.5. The van der Waals surface area contributed by atoms with Gasteiger partial charge in [-0.2, -0.15) is 0 Å². The third-order valence-electron chi connectivity index (χ3n) is 8.21. The highest BCUT2D eigenvalue weighted by Crippen LogP contribution is 2.47. The number of hydrogen-bond acceptors (Lipinski definition) is 1. The molecule has 0 unspecified atom stereocenters. The molecule has 6 aromatic carbocycles. The van der Waals surface area contributed by atoms with Gasteiger partial charge in [0.1, 0.15) is 11.6 Å². The van der Waals surface area contributed by atoms with Crippen molar-refractivity contribution in [1.29, 1.82) is 0 Å². The van der Waals surface area contributed by atoms with Crippen LogP contribution in [0.25, 0.3) is 66.1 Å². The molecule has 3 nitrogen and oxygen atoms in total. The summed E-state index contributed by atoms with van der Waals surface area (Å²) < 4.78 is 39.1. The molecular formula is C36H20F2N2O. The standard InChI is InChI=1S/C36H20F2N2O/c37-23-11-15-31-27(19-23)28-20-24(38)12-16-32(28)39(31)25-13-9-21(10-14-25)22-17-29-26-5-1-2-6-30(26)40-33-7-3-4-8-34(33)41-35(18-22)36(29)40/h1-20H. The van der Waals surface area contributed by atoms with Gasteiger partial charge in [-0.15, -0.1) is 0 Å². The van der Waals surface area contributed by atoms with Gasteiger partial charge in [-0.25, -0.2) is 8.78 Å². The van der Waals surface area contributed by atoms with Crippen LogP contribution < -0.4 is 4.74 Å². The molecule has 0 bridgehead atoms. The SMILES string of the molecule is Fc1ccc2c(c1)c1cc(F)ccc1n2-c1ccc(-c2cc3c4c(c2)c2ccccc2n4-c2ccccc2O3)cc1. The lowest BCUT2D eigenvalue weighted by atomic mass is 10.0. The van der Waals surface area contributed by atoms with Crippen LogP contribution in [0.3, 0.4) is 0 Å². The van der Waals surface area contributed by atoms with E-state index in [1.165, 1.54) is 29.7 Å². The lowest BCUT2D eigenvalue weighted by molar-refractivity contribution is 0.476. The summed E-state index contributed by atoms with van der Waals surface area (Å²) in [6, 6.07) is 38.5. The minimum Gasteiger partial charge on any atom is -0.453 e. The Hall–Kier alpha value is -5.42. The molecule has 0 amide bonds. The number of halogens is 2. The minimum absolute atomic E-state index is 0.346. The van der Waals surface area contributed by atoms with E-state index in [0.717, 1.165) is 61.5 Å². The maximum absolute atomic E-state index is 14.2. The molecule has 2 aromatic heterocycles. The molecule has 0 aliphatic carbocycles. The van der Waals surface area contributed by atoms with E-state index in [4.69, 9.17) is 4.74 Å². The molecule has 1 aliphatic rings. The molecule has 3 heterocycles. The van der Waals surface area contributed by atoms with Crippen LogP contribution in [-0.4, -0.2) is 9.13 Å². The molecule has 5 heteroatoms. The molecule has 1 aliphatic heterocycles. The lowest BCUT2D eigenvalue weighted by Gasteiger charge is -2.21. The Bertz CT molecular complexity index is 2300. The third-order valence-corrected chi connectivity index (χ3v) is 8.21. The Balaban J connectivity index is 1.23. The molecule has 9 rings (SSSR count). The number of benzene rings is 6. The monoisotopic (exact) mass is 534 g/mol. The fraction of sp³-hybridized carbons (Fsp3) is 0. The number of aromatic nitrogens is 2. The summed E-state index contributed by atoms with van der Waals surface area (Å²) in [4.78, 5) is 0. The Morgan fingerprint density at radius 3 is 1.88 bits per heavy atom. The first kappa shape index (κ1) is 22.4. The van der Waals surface area contributed by atoms with Gasteiger partial charge in [0.05, 0.1) is 27.8 Å². The van der Waals surface area contributed by atoms with Crippen molar-refractivity contribution in [3.05, 3.63) is 133 Å². The van der Waals surface area contributed by atoms with Gasteiger partial charge in [-0.1, -0.05) is 42.5 Å². The molecule has 0 saturated carbocycles. The van der Waals surface area contributed by atoms with Crippen molar-refractivity contribution in [3.8, 4) is 34.0 Å². The third kappa shape index (κ3) is 3.11. The molecule has 41 heavy (non-hydrogen) atoms. The van der Waals surface area contributed by atoms with Crippen LogP contribution in [0.1, 0.15) is 0 Å². The van der Waals surface area contributed by atoms with Crippen LogP contribution in [-0.2, 0) is 0 Å². The van der Waals surface area contributed by atoms with Crippen LogP contribution in [0.4, 0.5) is 8.78 Å². The zero-order valence-corrected chi connectivity index (χ0v) is 21.6. The predicted octanol–water partition coefficient (Wildman–Crippen LogP) is 9.93. The second-order valence-electron chi connectivity index (χ2n) is 10.5. The topological polar surface area (TPSA) is 19.1 Å². The Morgan fingerprint density at radius 2 is 1.12 bits per heavy atom. The fourth-order valence-electron chi connectivity index (χ4n) is 6.45. The summed E-state index contributed by atoms with van der Waals surface area (Å²) in [5, 5.41) is 3.68. The number of rotatable bonds is 2. The van der Waals surface area contributed by atoms with Crippen molar-refractivity contribution in [1.82, 2.24) is 9.13 Å². The molecule has 0 fully saturated rings. The number of nitrogens with zero attached hydrogens (tertiary/aromatic N) is 2. The van der Waals surface area contributed by atoms with Crippen LogP contribution in [0.2, 0.25) is 0 Å². The lowest BCUT2D eigenvalue weighted by Crippen LogP contribution is -2.03. The average Bonchev–Trinajstić information content (AvgIpc) is 3.50. The molecular weight excluding hydrogens is 514 g/mol. The number of para-hydroxylation sites is 3. The quantitative estimate of drug-likeness (QED) is 0.216. The van der Waals surface area contributed by atoms with Crippen LogP contribution in [0.15, 0.2) is 121 Å². The summed E-state index contributed by atoms with van der Waals surface area (Å²) >= 11 is 0. The summed E-state index contributed by atoms with van der Waals surface area (Å²) in [7, 11) is 0. The van der Waals surface area contributed by atoms with Crippen molar-refractivity contribution >= 4 is 43.6 Å². The fourth-order valence-corrected chi connectivity index (χ4v) is 6.45. The summed E-state index contributed by atoms with van der Waals surface area (Å²) in [5.74, 6) is 0.959. The Morgan fingerprint density at radius 1 is 0.463 bits per heavy atom. The Kier molecular flexibility index (Phi) is 4.40. The number of fused-ring (bicyclic) bond motifs is 8. The second kappa shape index (κ2) is 8.05. The molecule has 0 atom stereocenters.